The maximum absolute atomic E-state index is 13.1. The zero-order valence-electron chi connectivity index (χ0n) is 23.1. The van der Waals surface area contributed by atoms with Crippen LogP contribution in [0.5, 0.6) is 5.75 Å². The zero-order chi connectivity index (χ0) is 32.4. The molecule has 0 bridgehead atoms. The average molecular weight is 679 g/mol. The Kier molecular flexibility index (Phi) is 9.01. The number of hydrogen-bond acceptors (Lipinski definition) is 17. The van der Waals surface area contributed by atoms with Crippen molar-refractivity contribution in [3.63, 3.8) is 0 Å². The lowest BCUT2D eigenvalue weighted by Crippen LogP contribution is -2.71. The Labute approximate surface area is 263 Å². The van der Waals surface area contributed by atoms with Crippen LogP contribution in [0.2, 0.25) is 0 Å². The maximum atomic E-state index is 13.1. The highest BCUT2D eigenvalue weighted by atomic mass is 32.2. The summed E-state index contributed by atoms with van der Waals surface area (Å²) in [5, 5.41) is 36.6. The van der Waals surface area contributed by atoms with Crippen LogP contribution in [0.15, 0.2) is 38.6 Å². The Morgan fingerprint density at radius 3 is 2.78 bits per heavy atom. The second kappa shape index (κ2) is 12.9. The summed E-state index contributed by atoms with van der Waals surface area (Å²) < 4.78 is 5.29. The molecule has 0 aliphatic carbocycles. The van der Waals surface area contributed by atoms with Crippen LogP contribution in [0.1, 0.15) is 11.5 Å². The number of aliphatic carboxylic acids is 1. The molecule has 3 aromatic heterocycles. The molecule has 0 spiro atoms. The third kappa shape index (κ3) is 6.30. The molecule has 0 saturated carbocycles. The molecule has 3 aromatic rings. The first-order valence-electron chi connectivity index (χ1n) is 12.5. The quantitative estimate of drug-likeness (QED) is 0.0631. The molecule has 236 valence electrons. The molecule has 5 heterocycles. The highest BCUT2D eigenvalue weighted by Crippen LogP contribution is 2.41. The lowest BCUT2D eigenvalue weighted by Gasteiger charge is -2.49. The minimum absolute atomic E-state index is 0.0483. The van der Waals surface area contributed by atoms with Gasteiger partial charge in [0.1, 0.15) is 30.8 Å². The number of oxime groups is 1. The Morgan fingerprint density at radius 1 is 1.31 bits per heavy atom. The zero-order valence-corrected chi connectivity index (χ0v) is 25.6. The smallest absolute Gasteiger partial charge is 0.352 e. The highest BCUT2D eigenvalue weighted by molar-refractivity contribution is 8.01. The lowest BCUT2D eigenvalue weighted by atomic mass is 10.0. The van der Waals surface area contributed by atoms with Gasteiger partial charge in [0, 0.05) is 35.3 Å². The number of aromatic nitrogens is 7. The van der Waals surface area contributed by atoms with E-state index in [1.807, 2.05) is 0 Å². The van der Waals surface area contributed by atoms with Gasteiger partial charge in [0.05, 0.1) is 5.69 Å². The predicted molar refractivity (Wildman–Crippen MR) is 158 cm³/mol. The molecule has 1 saturated heterocycles. The van der Waals surface area contributed by atoms with Gasteiger partial charge >= 0.3 is 5.97 Å². The molecule has 1 fully saturated rings. The minimum atomic E-state index is -1.34. The van der Waals surface area contributed by atoms with E-state index in [1.54, 1.807) is 0 Å². The van der Waals surface area contributed by atoms with E-state index in [0.717, 1.165) is 39.1 Å². The van der Waals surface area contributed by atoms with Gasteiger partial charge < -0.3 is 30.7 Å². The van der Waals surface area contributed by atoms with E-state index >= 15 is 0 Å². The molecular formula is C22H22N12O8S3. The third-order valence-electron chi connectivity index (χ3n) is 6.36. The van der Waals surface area contributed by atoms with Crippen LogP contribution in [0.25, 0.3) is 0 Å². The van der Waals surface area contributed by atoms with E-state index < -0.39 is 46.3 Å². The highest BCUT2D eigenvalue weighted by Gasteiger charge is 2.54. The van der Waals surface area contributed by atoms with Crippen LogP contribution >= 0.6 is 35.1 Å². The van der Waals surface area contributed by atoms with Crippen molar-refractivity contribution >= 4 is 69.6 Å². The summed E-state index contributed by atoms with van der Waals surface area (Å²) >= 11 is 3.10. The van der Waals surface area contributed by atoms with Crippen LogP contribution < -0.4 is 21.9 Å². The number of fused-ring (bicyclic) bond motifs is 1. The van der Waals surface area contributed by atoms with Gasteiger partial charge in [0.15, 0.2) is 10.9 Å². The molecule has 2 atom stereocenters. The number of carbonyl (C=O) groups is 4. The largest absolute Gasteiger partial charge is 0.503 e. The van der Waals surface area contributed by atoms with E-state index in [1.165, 1.54) is 36.6 Å². The number of amides is 3. The Bertz CT molecular complexity index is 1820. The first kappa shape index (κ1) is 31.4. The van der Waals surface area contributed by atoms with Crippen molar-refractivity contribution in [2.45, 2.75) is 30.0 Å². The number of nitrogen functional groups attached to an aromatic ring is 1. The van der Waals surface area contributed by atoms with Gasteiger partial charge in [-0.15, -0.1) is 16.6 Å². The van der Waals surface area contributed by atoms with Crippen LogP contribution in [-0.2, 0) is 30.6 Å². The standard InChI is InChI=1S/C22H22N12O8S3/c1-8-15(37)10(35)3-4-32(8)5-11(36)27-34-22(26-30-31-34)44-7-9-6-43-19-13(18(39)33(19)14(9)20(40)41)24-17(38)12(28-42-2)16-25-21(23)45-29-16/h3-4,13,19,37H,5-7H2,1-2H3,(H,24,38)(H,27,36)(H,40,41)(H2,23,25,29)/t13-,19+/m1/s1. The van der Waals surface area contributed by atoms with Crippen LogP contribution in [-0.4, -0.2) is 109 Å². The number of aromatic hydroxyl groups is 1. The van der Waals surface area contributed by atoms with E-state index in [2.05, 4.69) is 40.8 Å². The Morgan fingerprint density at radius 2 is 2.09 bits per heavy atom. The van der Waals surface area contributed by atoms with Gasteiger partial charge in [0.25, 0.3) is 17.7 Å². The molecule has 0 radical (unpaired) electrons. The van der Waals surface area contributed by atoms with Crippen molar-refractivity contribution in [2.75, 3.05) is 29.8 Å². The van der Waals surface area contributed by atoms with Crippen molar-refractivity contribution in [3.05, 3.63) is 45.3 Å². The van der Waals surface area contributed by atoms with Gasteiger partial charge in [-0.05, 0) is 22.9 Å². The monoisotopic (exact) mass is 678 g/mol. The number of nitrogens with two attached hydrogens (primary N) is 1. The average Bonchev–Trinajstić information content (AvgIpc) is 3.65. The number of pyridine rings is 1. The summed E-state index contributed by atoms with van der Waals surface area (Å²) in [5.41, 5.74) is 7.52. The normalized spacial score (nSPS) is 17.9. The molecule has 45 heavy (non-hydrogen) atoms. The van der Waals surface area contributed by atoms with Crippen molar-refractivity contribution in [1.82, 2.24) is 44.5 Å². The molecule has 3 amide bonds. The van der Waals surface area contributed by atoms with Gasteiger partial charge in [-0.25, -0.2) is 10.2 Å². The number of carbonyl (C=O) groups excluding carboxylic acids is 3. The van der Waals surface area contributed by atoms with Crippen molar-refractivity contribution in [1.29, 1.82) is 0 Å². The molecule has 0 unspecified atom stereocenters. The molecular weight excluding hydrogens is 657 g/mol. The third-order valence-corrected chi connectivity index (χ3v) is 9.25. The lowest BCUT2D eigenvalue weighted by molar-refractivity contribution is -0.150. The summed E-state index contributed by atoms with van der Waals surface area (Å²) in [5.74, 6) is -3.70. The molecule has 6 N–H and O–H groups in total. The van der Waals surface area contributed by atoms with Gasteiger partial charge in [-0.2, -0.15) is 9.36 Å². The number of tetrazole rings is 1. The molecule has 0 aromatic carbocycles. The number of rotatable bonds is 11. The van der Waals surface area contributed by atoms with Gasteiger partial charge in [-0.1, -0.05) is 22.0 Å². The number of hydrogen-bond donors (Lipinski definition) is 5. The Hall–Kier alpha value is -5.03. The number of β-lactam (4-membered cyclic amide) rings is 1. The van der Waals surface area contributed by atoms with Crippen molar-refractivity contribution in [2.24, 2.45) is 5.16 Å². The first-order valence-corrected chi connectivity index (χ1v) is 15.3. The number of nitrogens with zero attached hydrogens (tertiary/aromatic N) is 9. The summed E-state index contributed by atoms with van der Waals surface area (Å²) in [6.07, 6.45) is 1.35. The fraction of sp³-hybridized carbons (Fsp3) is 0.318. The number of nitrogens with one attached hydrogen (secondary N) is 2. The molecule has 2 aliphatic heterocycles. The molecule has 23 heteroatoms. The predicted octanol–water partition coefficient (Wildman–Crippen LogP) is -2.07. The number of carboxylic acid groups (broad SMARTS) is 1. The fourth-order valence-corrected chi connectivity index (χ4v) is 6.99. The Balaban J connectivity index is 1.25. The molecule has 20 nitrogen and oxygen atoms in total. The topological polar surface area (TPSA) is 275 Å². The second-order valence-electron chi connectivity index (χ2n) is 9.14. The van der Waals surface area contributed by atoms with Crippen molar-refractivity contribution < 1.29 is 34.2 Å². The number of carboxylic acids is 1. The van der Waals surface area contributed by atoms with Crippen LogP contribution in [0.3, 0.4) is 0 Å². The number of thioether (sulfide) groups is 2. The summed E-state index contributed by atoms with van der Waals surface area (Å²) in [6, 6.07) is 0.0664. The van der Waals surface area contributed by atoms with E-state index in [-0.39, 0.29) is 51.3 Å². The van der Waals surface area contributed by atoms with E-state index in [4.69, 9.17) is 10.6 Å². The second-order valence-corrected chi connectivity index (χ2v) is 12.0. The first-order chi connectivity index (χ1) is 21.5. The van der Waals surface area contributed by atoms with Crippen molar-refractivity contribution in [3.8, 4) is 5.75 Å². The van der Waals surface area contributed by atoms with E-state index in [0.29, 0.717) is 5.57 Å². The minimum Gasteiger partial charge on any atom is -0.503 e. The van der Waals surface area contributed by atoms with Crippen LogP contribution in [0.4, 0.5) is 5.13 Å². The molecule has 2 aliphatic rings. The van der Waals surface area contributed by atoms with Gasteiger partial charge in [-0.3, -0.25) is 24.1 Å². The summed E-state index contributed by atoms with van der Waals surface area (Å²) in [4.78, 5) is 73.1. The molecule has 5 rings (SSSR count). The van der Waals surface area contributed by atoms with E-state index in [9.17, 15) is 34.2 Å². The van der Waals surface area contributed by atoms with Crippen LogP contribution in [0, 0.1) is 6.92 Å². The summed E-state index contributed by atoms with van der Waals surface area (Å²) in [6.45, 7) is 1.21. The maximum Gasteiger partial charge on any atom is 0.352 e. The SMILES string of the molecule is CON=C(C(=O)N[C@@H]1C(=O)N2C(C(=O)O)=C(CSc3nnnn3NC(=O)Cn3ccc(=O)c(O)c3C)CS[C@@H]12)c1nsc(N)n1. The summed E-state index contributed by atoms with van der Waals surface area (Å²) in [7, 11) is 1.22. The number of anilines is 1. The van der Waals surface area contributed by atoms with Gasteiger partial charge in [0.2, 0.25) is 22.1 Å². The fourth-order valence-electron chi connectivity index (χ4n) is 4.24.